The number of carbonyl (C=O) groups excluding carboxylic acids is 3. The van der Waals surface area contributed by atoms with Crippen LogP contribution in [-0.2, 0) is 19.1 Å². The van der Waals surface area contributed by atoms with Crippen LogP contribution < -0.4 is 10.2 Å². The monoisotopic (exact) mass is 422 g/mol. The molecule has 1 atom stereocenters. The second-order valence-electron chi connectivity index (χ2n) is 7.37. The lowest BCUT2D eigenvalue weighted by Crippen LogP contribution is -2.29. The number of para-hydroxylation sites is 2. The van der Waals surface area contributed by atoms with E-state index in [4.69, 9.17) is 4.74 Å². The van der Waals surface area contributed by atoms with E-state index >= 15 is 0 Å². The maximum Gasteiger partial charge on any atom is 0.360 e. The molecule has 1 saturated heterocycles. The quantitative estimate of drug-likeness (QED) is 0.388. The lowest BCUT2D eigenvalue weighted by Gasteiger charge is -2.25. The zero-order valence-corrected chi connectivity index (χ0v) is 16.9. The van der Waals surface area contributed by atoms with Crippen molar-refractivity contribution in [3.8, 4) is 0 Å². The number of rotatable bonds is 4. The van der Waals surface area contributed by atoms with Gasteiger partial charge in [-0.15, -0.1) is 0 Å². The van der Waals surface area contributed by atoms with Crippen LogP contribution in [0.5, 0.6) is 0 Å². The number of amides is 1. The molecule has 32 heavy (non-hydrogen) atoms. The summed E-state index contributed by atoms with van der Waals surface area (Å²) in [6.45, 7) is 0. The molecule has 0 unspecified atom stereocenters. The summed E-state index contributed by atoms with van der Waals surface area (Å²) in [6, 6.07) is 26.7. The predicted octanol–water partition coefficient (Wildman–Crippen LogP) is 4.15. The maximum atomic E-state index is 13.1. The molecule has 5 rings (SSSR count). The second-order valence-corrected chi connectivity index (χ2v) is 7.37. The van der Waals surface area contributed by atoms with Crippen LogP contribution in [0.25, 0.3) is 0 Å². The minimum absolute atomic E-state index is 0.0825. The van der Waals surface area contributed by atoms with Crippen molar-refractivity contribution in [2.45, 2.75) is 6.04 Å². The van der Waals surface area contributed by atoms with Gasteiger partial charge in [0, 0.05) is 17.5 Å². The van der Waals surface area contributed by atoms with E-state index in [1.54, 1.807) is 24.3 Å². The highest BCUT2D eigenvalue weighted by molar-refractivity contribution is 6.51. The number of nitrogens with zero attached hydrogens (tertiary/aromatic N) is 1. The van der Waals surface area contributed by atoms with Crippen LogP contribution in [0.1, 0.15) is 11.6 Å². The Kier molecular flexibility index (Phi) is 4.88. The number of hydrogen-bond donors (Lipinski definition) is 1. The second kappa shape index (κ2) is 8.00. The number of carbonyl (C=O) groups is 3. The third-order valence-corrected chi connectivity index (χ3v) is 5.36. The maximum absolute atomic E-state index is 13.1. The molecular weight excluding hydrogens is 404 g/mol. The van der Waals surface area contributed by atoms with Crippen molar-refractivity contribution in [2.75, 3.05) is 10.2 Å². The number of Topliss-reactive ketones (excluding diaryl/α,β-unsaturated/α-hetero) is 1. The summed E-state index contributed by atoms with van der Waals surface area (Å²) in [5.41, 5.74) is 2.38. The van der Waals surface area contributed by atoms with Crippen LogP contribution in [0.4, 0.5) is 11.4 Å². The Morgan fingerprint density at radius 3 is 2.00 bits per heavy atom. The van der Waals surface area contributed by atoms with Crippen LogP contribution in [0, 0.1) is 0 Å². The zero-order chi connectivity index (χ0) is 22.1. The van der Waals surface area contributed by atoms with E-state index in [1.165, 1.54) is 11.0 Å². The number of allylic oxidation sites excluding steroid dienone is 1. The molecule has 3 aromatic carbocycles. The van der Waals surface area contributed by atoms with Crippen molar-refractivity contribution in [1.29, 1.82) is 0 Å². The van der Waals surface area contributed by atoms with Crippen LogP contribution in [0.2, 0.25) is 0 Å². The Bertz CT molecular complexity index is 1260. The third-order valence-electron chi connectivity index (χ3n) is 5.36. The van der Waals surface area contributed by atoms with Gasteiger partial charge >= 0.3 is 5.97 Å². The number of ketones is 1. The molecule has 1 N–H and O–H groups in total. The summed E-state index contributed by atoms with van der Waals surface area (Å²) in [4.78, 5) is 40.2. The molecule has 0 radical (unpaired) electrons. The van der Waals surface area contributed by atoms with Crippen molar-refractivity contribution in [3.05, 3.63) is 120 Å². The molecule has 0 bridgehead atoms. The summed E-state index contributed by atoms with van der Waals surface area (Å²) in [5.74, 6) is -1.88. The lowest BCUT2D eigenvalue weighted by atomic mass is 9.97. The zero-order valence-electron chi connectivity index (χ0n) is 16.9. The van der Waals surface area contributed by atoms with Crippen LogP contribution in [0.3, 0.4) is 0 Å². The number of esters is 1. The Hall–Kier alpha value is -4.45. The van der Waals surface area contributed by atoms with Gasteiger partial charge < -0.3 is 10.1 Å². The normalized spacial score (nSPS) is 20.4. The number of nitrogens with one attached hydrogen (secondary N) is 1. The van der Waals surface area contributed by atoms with Crippen molar-refractivity contribution < 1.29 is 19.1 Å². The highest BCUT2D eigenvalue weighted by Gasteiger charge is 2.47. The summed E-state index contributed by atoms with van der Waals surface area (Å²) in [7, 11) is 0. The fourth-order valence-corrected chi connectivity index (χ4v) is 3.92. The fraction of sp³-hybridized carbons (Fsp3) is 0.0385. The van der Waals surface area contributed by atoms with E-state index < -0.39 is 23.7 Å². The molecular formula is C26H18N2O4. The smallest absolute Gasteiger partial charge is 0.360 e. The van der Waals surface area contributed by atoms with Gasteiger partial charge in [0.25, 0.3) is 11.7 Å². The van der Waals surface area contributed by atoms with Gasteiger partial charge in [-0.05, 0) is 29.8 Å². The summed E-state index contributed by atoms with van der Waals surface area (Å²) in [6.07, 6.45) is 1.49. The molecule has 1 fully saturated rings. The molecule has 6 heteroatoms. The summed E-state index contributed by atoms with van der Waals surface area (Å²) in [5, 5.41) is 3.01. The molecule has 6 nitrogen and oxygen atoms in total. The molecule has 0 spiro atoms. The molecule has 2 heterocycles. The average Bonchev–Trinajstić information content (AvgIpc) is 3.32. The number of anilines is 2. The number of ether oxygens (including phenoxy) is 1. The minimum Gasteiger partial charge on any atom is -0.421 e. The van der Waals surface area contributed by atoms with Gasteiger partial charge in [0.05, 0.1) is 11.6 Å². The van der Waals surface area contributed by atoms with Crippen molar-refractivity contribution in [2.24, 2.45) is 0 Å². The first kappa shape index (κ1) is 19.5. The fourth-order valence-electron chi connectivity index (χ4n) is 3.92. The largest absolute Gasteiger partial charge is 0.421 e. The standard InChI is InChI=1S/C26H18N2O4/c29-24-22(21-16-20(26(31)32-21)27-18-12-6-2-7-13-18)23(17-10-4-1-5-11-17)28(25(24)30)19-14-8-3-9-15-19/h1-16,23,27H/t23-/m1/s1. The Morgan fingerprint density at radius 2 is 1.34 bits per heavy atom. The first-order valence-electron chi connectivity index (χ1n) is 10.1. The van der Waals surface area contributed by atoms with Crippen LogP contribution >= 0.6 is 0 Å². The van der Waals surface area contributed by atoms with E-state index in [0.29, 0.717) is 11.4 Å². The molecule has 0 saturated carbocycles. The number of cyclic esters (lactones) is 1. The molecule has 0 aromatic heterocycles. The van der Waals surface area contributed by atoms with Gasteiger partial charge in [-0.25, -0.2) is 4.79 Å². The van der Waals surface area contributed by atoms with Gasteiger partial charge in [0.2, 0.25) is 0 Å². The van der Waals surface area contributed by atoms with E-state index in [-0.39, 0.29) is 17.0 Å². The van der Waals surface area contributed by atoms with Gasteiger partial charge in [-0.2, -0.15) is 0 Å². The molecule has 156 valence electrons. The average molecular weight is 422 g/mol. The third kappa shape index (κ3) is 3.37. The molecule has 3 aromatic rings. The molecule has 1 amide bonds. The van der Waals surface area contributed by atoms with Crippen LogP contribution in [0.15, 0.2) is 114 Å². The molecule has 2 aliphatic heterocycles. The predicted molar refractivity (Wildman–Crippen MR) is 119 cm³/mol. The van der Waals surface area contributed by atoms with Gasteiger partial charge in [0.1, 0.15) is 11.5 Å². The summed E-state index contributed by atoms with van der Waals surface area (Å²) < 4.78 is 5.47. The SMILES string of the molecule is O=C1OC(=C2C(=O)C(=O)N(c3ccccc3)[C@@H]2c2ccccc2)C=C1Nc1ccccc1. The topological polar surface area (TPSA) is 75.7 Å². The minimum atomic E-state index is -0.714. The van der Waals surface area contributed by atoms with Crippen LogP contribution in [-0.4, -0.2) is 17.7 Å². The van der Waals surface area contributed by atoms with E-state index in [0.717, 1.165) is 5.56 Å². The Balaban J connectivity index is 1.63. The van der Waals surface area contributed by atoms with E-state index in [1.807, 2.05) is 66.7 Å². The van der Waals surface area contributed by atoms with E-state index in [9.17, 15) is 14.4 Å². The van der Waals surface area contributed by atoms with Crippen molar-refractivity contribution >= 4 is 29.0 Å². The highest BCUT2D eigenvalue weighted by atomic mass is 16.5. The number of benzene rings is 3. The highest BCUT2D eigenvalue weighted by Crippen LogP contribution is 2.42. The number of hydrogen-bond acceptors (Lipinski definition) is 5. The summed E-state index contributed by atoms with van der Waals surface area (Å²) >= 11 is 0. The first-order chi connectivity index (χ1) is 15.6. The lowest BCUT2D eigenvalue weighted by molar-refractivity contribution is -0.134. The molecule has 2 aliphatic rings. The van der Waals surface area contributed by atoms with Gasteiger partial charge in [-0.1, -0.05) is 66.7 Å². The van der Waals surface area contributed by atoms with Gasteiger partial charge in [0.15, 0.2) is 0 Å². The van der Waals surface area contributed by atoms with Gasteiger partial charge in [-0.3, -0.25) is 14.5 Å². The van der Waals surface area contributed by atoms with Crippen molar-refractivity contribution in [3.63, 3.8) is 0 Å². The van der Waals surface area contributed by atoms with E-state index in [2.05, 4.69) is 5.32 Å². The Morgan fingerprint density at radius 1 is 0.750 bits per heavy atom. The molecule has 0 aliphatic carbocycles. The first-order valence-corrected chi connectivity index (χ1v) is 10.1. The Labute approximate surface area is 184 Å². The van der Waals surface area contributed by atoms with Crippen molar-refractivity contribution in [1.82, 2.24) is 0 Å².